The topological polar surface area (TPSA) is 41.5 Å². The van der Waals surface area contributed by atoms with Crippen LogP contribution in [0.4, 0.5) is 0 Å². The van der Waals surface area contributed by atoms with E-state index in [1.165, 1.54) is 0 Å². The summed E-state index contributed by atoms with van der Waals surface area (Å²) >= 11 is 0. The van der Waals surface area contributed by atoms with Crippen LogP contribution in [-0.2, 0) is 4.74 Å². The number of allylic oxidation sites excluding steroid dienone is 1. The second-order valence-corrected chi connectivity index (χ2v) is 2.69. The highest BCUT2D eigenvalue weighted by Gasteiger charge is 1.97. The lowest BCUT2D eigenvalue weighted by Gasteiger charge is -2.09. The Kier molecular flexibility index (Phi) is 8.72. The van der Waals surface area contributed by atoms with E-state index >= 15 is 0 Å². The smallest absolute Gasteiger partial charge is 0.108 e. The monoisotopic (exact) mass is 185 g/mol. The summed E-state index contributed by atoms with van der Waals surface area (Å²) in [6, 6.07) is 0. The minimum Gasteiger partial charge on any atom is -0.501 e. The number of rotatable bonds is 8. The molecule has 0 rings (SSSR count). The van der Waals surface area contributed by atoms with Gasteiger partial charge in [-0.15, -0.1) is 6.58 Å². The maximum absolute atomic E-state index is 9.21. The molecule has 0 heterocycles. The molecule has 0 amide bonds. The molecule has 0 aromatic carbocycles. The zero-order valence-electron chi connectivity index (χ0n) is 8.20. The largest absolute Gasteiger partial charge is 0.501 e. The Bertz CT molecular complexity index is 146. The van der Waals surface area contributed by atoms with Crippen LogP contribution in [0.1, 0.15) is 19.8 Å². The molecule has 3 heteroatoms. The highest BCUT2D eigenvalue weighted by molar-refractivity contribution is 4.70. The maximum atomic E-state index is 9.21. The van der Waals surface area contributed by atoms with E-state index in [0.717, 1.165) is 13.0 Å². The van der Waals surface area contributed by atoms with Crippen LogP contribution in [-0.4, -0.2) is 24.5 Å². The minimum absolute atomic E-state index is 0.473. The predicted molar refractivity (Wildman–Crippen MR) is 54.2 cm³/mol. The lowest BCUT2D eigenvalue weighted by atomic mass is 10.3. The van der Waals surface area contributed by atoms with Crippen molar-refractivity contribution in [1.82, 2.24) is 5.32 Å². The van der Waals surface area contributed by atoms with Gasteiger partial charge in [0, 0.05) is 13.0 Å². The standard InChI is InChI=1S/C10H19NO2/c1-3-6-10(12)11-7-5-9-13-8-4-2/h3-4,8,10-12H,1,5-7,9H2,2H3/b8-4+. The molecule has 0 saturated carbocycles. The van der Waals surface area contributed by atoms with Crippen molar-refractivity contribution in [3.05, 3.63) is 25.0 Å². The molecule has 0 aromatic rings. The van der Waals surface area contributed by atoms with Crippen molar-refractivity contribution < 1.29 is 9.84 Å². The third-order valence-corrected chi connectivity index (χ3v) is 1.44. The molecular formula is C10H19NO2. The van der Waals surface area contributed by atoms with Crippen LogP contribution in [0.15, 0.2) is 25.0 Å². The molecule has 0 aliphatic heterocycles. The van der Waals surface area contributed by atoms with Gasteiger partial charge in [-0.2, -0.15) is 0 Å². The van der Waals surface area contributed by atoms with Crippen molar-refractivity contribution in [2.75, 3.05) is 13.2 Å². The van der Waals surface area contributed by atoms with Crippen LogP contribution in [0, 0.1) is 0 Å². The van der Waals surface area contributed by atoms with E-state index in [-0.39, 0.29) is 0 Å². The third kappa shape index (κ3) is 9.11. The van der Waals surface area contributed by atoms with E-state index in [4.69, 9.17) is 4.74 Å². The second-order valence-electron chi connectivity index (χ2n) is 2.69. The Balaban J connectivity index is 3.10. The Morgan fingerprint density at radius 1 is 1.62 bits per heavy atom. The predicted octanol–water partition coefficient (Wildman–Crippen LogP) is 1.41. The van der Waals surface area contributed by atoms with Crippen molar-refractivity contribution in [3.8, 4) is 0 Å². The third-order valence-electron chi connectivity index (χ3n) is 1.44. The molecule has 76 valence electrons. The number of ether oxygens (including phenoxy) is 1. The molecule has 0 aliphatic rings. The molecule has 13 heavy (non-hydrogen) atoms. The number of hydrogen-bond acceptors (Lipinski definition) is 3. The van der Waals surface area contributed by atoms with E-state index in [1.807, 2.05) is 13.0 Å². The van der Waals surface area contributed by atoms with Crippen LogP contribution in [0.2, 0.25) is 0 Å². The summed E-state index contributed by atoms with van der Waals surface area (Å²) in [4.78, 5) is 0. The van der Waals surface area contributed by atoms with Crippen LogP contribution >= 0.6 is 0 Å². The normalized spacial score (nSPS) is 13.1. The quantitative estimate of drug-likeness (QED) is 0.260. The van der Waals surface area contributed by atoms with Gasteiger partial charge in [0.15, 0.2) is 0 Å². The zero-order valence-corrected chi connectivity index (χ0v) is 8.20. The molecule has 0 bridgehead atoms. The van der Waals surface area contributed by atoms with Crippen molar-refractivity contribution in [1.29, 1.82) is 0 Å². The highest BCUT2D eigenvalue weighted by atomic mass is 16.5. The van der Waals surface area contributed by atoms with Gasteiger partial charge in [-0.05, 0) is 13.3 Å². The molecule has 1 unspecified atom stereocenters. The summed E-state index contributed by atoms with van der Waals surface area (Å²) in [5.74, 6) is 0. The lowest BCUT2D eigenvalue weighted by Crippen LogP contribution is -2.29. The number of aliphatic hydroxyl groups excluding tert-OH is 1. The van der Waals surface area contributed by atoms with Crippen molar-refractivity contribution in [3.63, 3.8) is 0 Å². The Morgan fingerprint density at radius 3 is 3.00 bits per heavy atom. The molecule has 0 radical (unpaired) electrons. The van der Waals surface area contributed by atoms with Gasteiger partial charge in [0.1, 0.15) is 6.23 Å². The first kappa shape index (κ1) is 12.2. The van der Waals surface area contributed by atoms with Gasteiger partial charge in [-0.3, -0.25) is 5.32 Å². The highest BCUT2D eigenvalue weighted by Crippen LogP contribution is 1.88. The van der Waals surface area contributed by atoms with Crippen molar-refractivity contribution >= 4 is 0 Å². The molecule has 0 fully saturated rings. The van der Waals surface area contributed by atoms with Crippen LogP contribution in [0.25, 0.3) is 0 Å². The van der Waals surface area contributed by atoms with E-state index in [9.17, 15) is 5.11 Å². The first-order valence-electron chi connectivity index (χ1n) is 4.56. The average Bonchev–Trinajstić information content (AvgIpc) is 2.11. The van der Waals surface area contributed by atoms with Gasteiger partial charge in [0.2, 0.25) is 0 Å². The van der Waals surface area contributed by atoms with Gasteiger partial charge in [-0.25, -0.2) is 0 Å². The molecule has 1 atom stereocenters. The van der Waals surface area contributed by atoms with Gasteiger partial charge >= 0.3 is 0 Å². The summed E-state index contributed by atoms with van der Waals surface area (Å²) < 4.78 is 5.10. The number of nitrogens with one attached hydrogen (secondary N) is 1. The second kappa shape index (κ2) is 9.29. The first-order chi connectivity index (χ1) is 6.31. The first-order valence-corrected chi connectivity index (χ1v) is 4.56. The molecule has 0 saturated heterocycles. The summed E-state index contributed by atoms with van der Waals surface area (Å²) in [7, 11) is 0. The van der Waals surface area contributed by atoms with Gasteiger partial charge < -0.3 is 9.84 Å². The van der Waals surface area contributed by atoms with E-state index in [1.54, 1.807) is 12.3 Å². The molecule has 0 aliphatic carbocycles. The van der Waals surface area contributed by atoms with Crippen LogP contribution < -0.4 is 5.32 Å². The SMILES string of the molecule is C=CCC(O)NCCCO/C=C/C. The molecule has 3 nitrogen and oxygen atoms in total. The fraction of sp³-hybridized carbons (Fsp3) is 0.600. The summed E-state index contributed by atoms with van der Waals surface area (Å²) in [5, 5.41) is 12.2. The average molecular weight is 185 g/mol. The molecule has 0 aromatic heterocycles. The molecule has 0 spiro atoms. The van der Waals surface area contributed by atoms with Gasteiger partial charge in [-0.1, -0.05) is 12.2 Å². The Hall–Kier alpha value is -0.800. The summed E-state index contributed by atoms with van der Waals surface area (Å²) in [6.45, 7) is 6.88. The summed E-state index contributed by atoms with van der Waals surface area (Å²) in [6.07, 6.45) is 6.20. The lowest BCUT2D eigenvalue weighted by molar-refractivity contribution is 0.136. The van der Waals surface area contributed by atoms with E-state index in [2.05, 4.69) is 11.9 Å². The van der Waals surface area contributed by atoms with E-state index in [0.29, 0.717) is 13.0 Å². The molecular weight excluding hydrogens is 166 g/mol. The van der Waals surface area contributed by atoms with E-state index < -0.39 is 6.23 Å². The van der Waals surface area contributed by atoms with Gasteiger partial charge in [0.25, 0.3) is 0 Å². The zero-order chi connectivity index (χ0) is 9.94. The number of hydrogen-bond donors (Lipinski definition) is 2. The summed E-state index contributed by atoms with van der Waals surface area (Å²) in [5.41, 5.74) is 0. The number of aliphatic hydroxyl groups is 1. The van der Waals surface area contributed by atoms with Crippen molar-refractivity contribution in [2.24, 2.45) is 0 Å². The van der Waals surface area contributed by atoms with Crippen LogP contribution in [0.3, 0.4) is 0 Å². The van der Waals surface area contributed by atoms with Gasteiger partial charge in [0.05, 0.1) is 12.9 Å². The Morgan fingerprint density at radius 2 is 2.38 bits per heavy atom. The van der Waals surface area contributed by atoms with Crippen molar-refractivity contribution in [2.45, 2.75) is 26.0 Å². The van der Waals surface area contributed by atoms with Crippen LogP contribution in [0.5, 0.6) is 0 Å². The molecule has 2 N–H and O–H groups in total. The Labute approximate surface area is 80.1 Å². The fourth-order valence-corrected chi connectivity index (χ4v) is 0.830. The minimum atomic E-state index is -0.473. The fourth-order valence-electron chi connectivity index (χ4n) is 0.830. The maximum Gasteiger partial charge on any atom is 0.108 e.